The van der Waals surface area contributed by atoms with E-state index in [0.29, 0.717) is 5.28 Å². The Kier molecular flexibility index (Phi) is 2.11. The first-order chi connectivity index (χ1) is 6.59. The first kappa shape index (κ1) is 9.34. The highest BCUT2D eigenvalue weighted by atomic mass is 35.5. The molecule has 1 heterocycles. The molecular weight excluding hydrogens is 200 g/mol. The molecule has 2 aromatic rings. The van der Waals surface area contributed by atoms with Crippen molar-refractivity contribution in [3.05, 3.63) is 23.5 Å². The van der Waals surface area contributed by atoms with E-state index >= 15 is 0 Å². The second-order valence-corrected chi connectivity index (χ2v) is 3.86. The average Bonchev–Trinajstić information content (AvgIpc) is 2.39. The van der Waals surface area contributed by atoms with Gasteiger partial charge in [0, 0.05) is 12.1 Å². The van der Waals surface area contributed by atoms with Gasteiger partial charge in [-0.2, -0.15) is 0 Å². The molecule has 1 aromatic carbocycles. The predicted molar refractivity (Wildman–Crippen MR) is 56.8 cm³/mol. The molecule has 0 aliphatic heterocycles. The second kappa shape index (κ2) is 3.17. The van der Waals surface area contributed by atoms with E-state index in [-0.39, 0.29) is 11.8 Å². The summed E-state index contributed by atoms with van der Waals surface area (Å²) >= 11 is 5.99. The molecular formula is C10H11ClN2O. The minimum atomic E-state index is 0.211. The topological polar surface area (TPSA) is 38.0 Å². The molecule has 0 atom stereocenters. The molecule has 0 aliphatic carbocycles. The molecule has 74 valence electrons. The number of benzene rings is 1. The Bertz CT molecular complexity index is 476. The molecule has 0 bridgehead atoms. The number of imidazole rings is 1. The maximum atomic E-state index is 9.28. The van der Waals surface area contributed by atoms with E-state index in [2.05, 4.69) is 4.98 Å². The summed E-state index contributed by atoms with van der Waals surface area (Å²) in [6, 6.07) is 5.33. The third-order valence-electron chi connectivity index (χ3n) is 2.15. The number of fused-ring (bicyclic) bond motifs is 1. The molecule has 4 heteroatoms. The fourth-order valence-electron chi connectivity index (χ4n) is 1.55. The van der Waals surface area contributed by atoms with Crippen molar-refractivity contribution in [3.8, 4) is 5.75 Å². The number of hydrogen-bond donors (Lipinski definition) is 1. The van der Waals surface area contributed by atoms with Gasteiger partial charge in [0.25, 0.3) is 0 Å². The highest BCUT2D eigenvalue weighted by molar-refractivity contribution is 6.29. The molecule has 0 spiro atoms. The van der Waals surface area contributed by atoms with Gasteiger partial charge in [-0.05, 0) is 37.6 Å². The van der Waals surface area contributed by atoms with Crippen LogP contribution in [-0.2, 0) is 0 Å². The molecule has 0 fully saturated rings. The van der Waals surface area contributed by atoms with Gasteiger partial charge in [-0.3, -0.25) is 0 Å². The number of hydrogen-bond acceptors (Lipinski definition) is 2. The normalized spacial score (nSPS) is 11.4. The van der Waals surface area contributed by atoms with Crippen LogP contribution in [-0.4, -0.2) is 14.7 Å². The van der Waals surface area contributed by atoms with Gasteiger partial charge in [-0.1, -0.05) is 0 Å². The molecule has 2 rings (SSSR count). The molecule has 1 aromatic heterocycles. The van der Waals surface area contributed by atoms with Gasteiger partial charge in [0.15, 0.2) is 0 Å². The lowest BCUT2D eigenvalue weighted by Crippen LogP contribution is -1.99. The van der Waals surface area contributed by atoms with Gasteiger partial charge >= 0.3 is 0 Å². The zero-order valence-electron chi connectivity index (χ0n) is 8.03. The SMILES string of the molecule is CC(C)n1c(Cl)nc2cc(O)ccc21. The van der Waals surface area contributed by atoms with E-state index in [1.807, 2.05) is 24.5 Å². The Morgan fingerprint density at radius 2 is 2.14 bits per heavy atom. The van der Waals surface area contributed by atoms with Crippen LogP contribution >= 0.6 is 11.6 Å². The van der Waals surface area contributed by atoms with E-state index in [1.165, 1.54) is 0 Å². The molecule has 0 saturated heterocycles. The van der Waals surface area contributed by atoms with Crippen molar-refractivity contribution >= 4 is 22.6 Å². The minimum Gasteiger partial charge on any atom is -0.508 e. The second-order valence-electron chi connectivity index (χ2n) is 3.52. The first-order valence-electron chi connectivity index (χ1n) is 4.46. The summed E-state index contributed by atoms with van der Waals surface area (Å²) in [6.07, 6.45) is 0. The van der Waals surface area contributed by atoms with Crippen molar-refractivity contribution in [3.63, 3.8) is 0 Å². The van der Waals surface area contributed by atoms with Crippen molar-refractivity contribution < 1.29 is 5.11 Å². The summed E-state index contributed by atoms with van der Waals surface area (Å²) in [5, 5.41) is 9.74. The van der Waals surface area contributed by atoms with Crippen molar-refractivity contribution in [2.45, 2.75) is 19.9 Å². The van der Waals surface area contributed by atoms with Gasteiger partial charge in [-0.25, -0.2) is 4.98 Å². The van der Waals surface area contributed by atoms with Crippen LogP contribution in [0.1, 0.15) is 19.9 Å². The van der Waals surface area contributed by atoms with Crippen molar-refractivity contribution in [1.29, 1.82) is 0 Å². The van der Waals surface area contributed by atoms with Gasteiger partial charge in [0.2, 0.25) is 5.28 Å². The number of aromatic hydroxyl groups is 1. The lowest BCUT2D eigenvalue weighted by Gasteiger charge is -2.08. The number of nitrogens with zero attached hydrogens (tertiary/aromatic N) is 2. The zero-order valence-corrected chi connectivity index (χ0v) is 8.78. The van der Waals surface area contributed by atoms with E-state index in [9.17, 15) is 5.11 Å². The van der Waals surface area contributed by atoms with Crippen LogP contribution in [0.15, 0.2) is 18.2 Å². The van der Waals surface area contributed by atoms with Crippen LogP contribution < -0.4 is 0 Å². The number of phenols is 1. The monoisotopic (exact) mass is 210 g/mol. The molecule has 0 radical (unpaired) electrons. The summed E-state index contributed by atoms with van der Waals surface area (Å²) in [7, 11) is 0. The molecule has 14 heavy (non-hydrogen) atoms. The van der Waals surface area contributed by atoms with E-state index in [4.69, 9.17) is 11.6 Å². The van der Waals surface area contributed by atoms with E-state index in [1.54, 1.807) is 12.1 Å². The Labute approximate surface area is 86.9 Å². The number of aromatic nitrogens is 2. The number of rotatable bonds is 1. The molecule has 3 nitrogen and oxygen atoms in total. The summed E-state index contributed by atoms with van der Waals surface area (Å²) in [5.41, 5.74) is 1.67. The fourth-order valence-corrected chi connectivity index (χ4v) is 1.93. The Hall–Kier alpha value is -1.22. The Morgan fingerprint density at radius 3 is 2.79 bits per heavy atom. The van der Waals surface area contributed by atoms with Crippen LogP contribution in [0.5, 0.6) is 5.75 Å². The number of halogens is 1. The largest absolute Gasteiger partial charge is 0.508 e. The standard InChI is InChI=1S/C10H11ClN2O/c1-6(2)13-9-4-3-7(14)5-8(9)12-10(13)11/h3-6,14H,1-2H3. The molecule has 1 N–H and O–H groups in total. The van der Waals surface area contributed by atoms with Crippen LogP contribution in [0.3, 0.4) is 0 Å². The van der Waals surface area contributed by atoms with Gasteiger partial charge in [-0.15, -0.1) is 0 Å². The fraction of sp³-hybridized carbons (Fsp3) is 0.300. The average molecular weight is 211 g/mol. The highest BCUT2D eigenvalue weighted by Crippen LogP contribution is 2.26. The molecule has 0 unspecified atom stereocenters. The van der Waals surface area contributed by atoms with Gasteiger partial charge in [0.1, 0.15) is 5.75 Å². The summed E-state index contributed by atoms with van der Waals surface area (Å²) in [4.78, 5) is 4.16. The summed E-state index contributed by atoms with van der Waals surface area (Å²) in [6.45, 7) is 4.08. The van der Waals surface area contributed by atoms with Crippen molar-refractivity contribution in [1.82, 2.24) is 9.55 Å². The van der Waals surface area contributed by atoms with Crippen LogP contribution in [0.25, 0.3) is 11.0 Å². The van der Waals surface area contributed by atoms with Crippen molar-refractivity contribution in [2.24, 2.45) is 0 Å². The molecule has 0 aliphatic rings. The van der Waals surface area contributed by atoms with E-state index < -0.39 is 0 Å². The smallest absolute Gasteiger partial charge is 0.204 e. The maximum absolute atomic E-state index is 9.28. The first-order valence-corrected chi connectivity index (χ1v) is 4.84. The third-order valence-corrected chi connectivity index (χ3v) is 2.41. The minimum absolute atomic E-state index is 0.211. The summed E-state index contributed by atoms with van der Waals surface area (Å²) in [5.74, 6) is 0.211. The third kappa shape index (κ3) is 1.34. The van der Waals surface area contributed by atoms with Crippen LogP contribution in [0.2, 0.25) is 5.28 Å². The Balaban J connectivity index is 2.77. The van der Waals surface area contributed by atoms with Gasteiger partial charge < -0.3 is 9.67 Å². The highest BCUT2D eigenvalue weighted by Gasteiger charge is 2.11. The summed E-state index contributed by atoms with van der Waals surface area (Å²) < 4.78 is 1.93. The lowest BCUT2D eigenvalue weighted by atomic mass is 10.3. The van der Waals surface area contributed by atoms with E-state index in [0.717, 1.165) is 11.0 Å². The van der Waals surface area contributed by atoms with Crippen molar-refractivity contribution in [2.75, 3.05) is 0 Å². The van der Waals surface area contributed by atoms with Crippen LogP contribution in [0, 0.1) is 0 Å². The lowest BCUT2D eigenvalue weighted by molar-refractivity contribution is 0.476. The quantitative estimate of drug-likeness (QED) is 0.786. The van der Waals surface area contributed by atoms with Crippen LogP contribution in [0.4, 0.5) is 0 Å². The maximum Gasteiger partial charge on any atom is 0.204 e. The molecule has 0 amide bonds. The predicted octanol–water partition coefficient (Wildman–Crippen LogP) is 2.98. The van der Waals surface area contributed by atoms with Gasteiger partial charge in [0.05, 0.1) is 11.0 Å². The Morgan fingerprint density at radius 1 is 1.43 bits per heavy atom. The zero-order chi connectivity index (χ0) is 10.3. The molecule has 0 saturated carbocycles. The number of phenolic OH excluding ortho intramolecular Hbond substituents is 1.